The molecule has 5 nitrogen and oxygen atoms in total. The van der Waals surface area contributed by atoms with Crippen LogP contribution in [0.2, 0.25) is 0 Å². The number of benzene rings is 2. The van der Waals surface area contributed by atoms with Crippen molar-refractivity contribution in [2.24, 2.45) is 0 Å². The number of hydrogen-bond donors (Lipinski definition) is 1. The minimum Gasteiger partial charge on any atom is -0.349 e. The van der Waals surface area contributed by atoms with E-state index in [9.17, 15) is 19.3 Å². The van der Waals surface area contributed by atoms with Crippen molar-refractivity contribution in [3.8, 4) is 0 Å². The quantitative estimate of drug-likeness (QED) is 0.673. The molecule has 1 saturated carbocycles. The van der Waals surface area contributed by atoms with Gasteiger partial charge in [0.25, 0.3) is 5.69 Å². The highest BCUT2D eigenvalue weighted by Gasteiger charge is 2.51. The molecule has 0 heterocycles. The molecule has 0 spiro atoms. The van der Waals surface area contributed by atoms with Crippen LogP contribution in [0.5, 0.6) is 0 Å². The Balaban J connectivity index is 1.74. The first-order chi connectivity index (χ1) is 11.4. The van der Waals surface area contributed by atoms with Gasteiger partial charge in [-0.1, -0.05) is 24.3 Å². The summed E-state index contributed by atoms with van der Waals surface area (Å²) >= 11 is 0. The molecule has 0 saturated heterocycles. The normalized spacial score (nSPS) is 16.2. The summed E-state index contributed by atoms with van der Waals surface area (Å²) in [5.74, 6) is -0.421. The first-order valence-electron chi connectivity index (χ1n) is 7.74. The Labute approximate surface area is 138 Å². The molecule has 1 aliphatic rings. The Bertz CT molecular complexity index is 768. The highest BCUT2D eigenvalue weighted by Crippen LogP contribution is 2.49. The fourth-order valence-corrected chi connectivity index (χ4v) is 2.84. The van der Waals surface area contributed by atoms with Gasteiger partial charge in [0, 0.05) is 12.1 Å². The number of hydrogen-bond acceptors (Lipinski definition) is 3. The monoisotopic (exact) mass is 328 g/mol. The fourth-order valence-electron chi connectivity index (χ4n) is 2.84. The fraction of sp³-hybridized carbons (Fsp3) is 0.278. The van der Waals surface area contributed by atoms with Crippen molar-refractivity contribution >= 4 is 11.6 Å². The molecule has 1 atom stereocenters. The molecule has 1 N–H and O–H groups in total. The number of non-ortho nitro benzene ring substituents is 1. The first-order valence-corrected chi connectivity index (χ1v) is 7.74. The number of nitro benzene ring substituents is 1. The van der Waals surface area contributed by atoms with Crippen LogP contribution in [-0.2, 0) is 10.2 Å². The van der Waals surface area contributed by atoms with Crippen molar-refractivity contribution in [2.45, 2.75) is 31.2 Å². The molecule has 1 fully saturated rings. The molecule has 0 unspecified atom stereocenters. The van der Waals surface area contributed by atoms with E-state index in [-0.39, 0.29) is 23.5 Å². The van der Waals surface area contributed by atoms with Gasteiger partial charge in [-0.3, -0.25) is 14.9 Å². The van der Waals surface area contributed by atoms with Crippen LogP contribution in [-0.4, -0.2) is 10.8 Å². The summed E-state index contributed by atoms with van der Waals surface area (Å²) in [4.78, 5) is 23.0. The van der Waals surface area contributed by atoms with Gasteiger partial charge in [0.15, 0.2) is 0 Å². The highest BCUT2D eigenvalue weighted by atomic mass is 19.1. The Morgan fingerprint density at radius 1 is 1.17 bits per heavy atom. The van der Waals surface area contributed by atoms with E-state index in [1.54, 1.807) is 24.3 Å². The van der Waals surface area contributed by atoms with Gasteiger partial charge in [0.2, 0.25) is 5.91 Å². The lowest BCUT2D eigenvalue weighted by atomic mass is 9.94. The lowest BCUT2D eigenvalue weighted by Gasteiger charge is -2.20. The van der Waals surface area contributed by atoms with Crippen LogP contribution in [0, 0.1) is 15.9 Å². The topological polar surface area (TPSA) is 72.2 Å². The zero-order chi connectivity index (χ0) is 17.3. The molecular weight excluding hydrogens is 311 g/mol. The molecule has 2 aromatic rings. The zero-order valence-electron chi connectivity index (χ0n) is 13.2. The van der Waals surface area contributed by atoms with E-state index < -0.39 is 10.3 Å². The maximum atomic E-state index is 13.0. The zero-order valence-corrected chi connectivity index (χ0v) is 13.2. The maximum Gasteiger partial charge on any atom is 0.269 e. The van der Waals surface area contributed by atoms with E-state index in [4.69, 9.17) is 0 Å². The van der Waals surface area contributed by atoms with E-state index in [0.717, 1.165) is 11.1 Å². The van der Waals surface area contributed by atoms with Crippen LogP contribution in [0.3, 0.4) is 0 Å². The number of nitrogens with one attached hydrogen (secondary N) is 1. The van der Waals surface area contributed by atoms with E-state index >= 15 is 0 Å². The number of halogens is 1. The number of rotatable bonds is 5. The predicted octanol–water partition coefficient (Wildman–Crippen LogP) is 3.64. The molecule has 124 valence electrons. The summed E-state index contributed by atoms with van der Waals surface area (Å²) in [6.45, 7) is 1.84. The van der Waals surface area contributed by atoms with Crippen molar-refractivity contribution in [3.63, 3.8) is 0 Å². The van der Waals surface area contributed by atoms with Crippen LogP contribution in [0.1, 0.15) is 36.9 Å². The molecule has 0 bridgehead atoms. The number of amides is 1. The first kappa shape index (κ1) is 16.1. The van der Waals surface area contributed by atoms with Gasteiger partial charge in [0.1, 0.15) is 5.82 Å². The van der Waals surface area contributed by atoms with E-state index in [2.05, 4.69) is 5.32 Å². The smallest absolute Gasteiger partial charge is 0.269 e. The second-order valence-electron chi connectivity index (χ2n) is 6.13. The minimum atomic E-state index is -0.608. The van der Waals surface area contributed by atoms with Crippen LogP contribution < -0.4 is 5.32 Å². The SMILES string of the molecule is C[C@H](NC(=O)C1(c2ccc([N+](=O)[O-])cc2)CC1)c1ccc(F)cc1. The molecule has 6 heteroatoms. The second kappa shape index (κ2) is 6.03. The van der Waals surface area contributed by atoms with Gasteiger partial charge in [-0.05, 0) is 43.0 Å². The van der Waals surface area contributed by atoms with Crippen LogP contribution >= 0.6 is 0 Å². The Morgan fingerprint density at radius 3 is 2.25 bits per heavy atom. The largest absolute Gasteiger partial charge is 0.349 e. The van der Waals surface area contributed by atoms with Gasteiger partial charge in [0.05, 0.1) is 16.4 Å². The van der Waals surface area contributed by atoms with Crippen LogP contribution in [0.15, 0.2) is 48.5 Å². The van der Waals surface area contributed by atoms with Crippen molar-refractivity contribution in [1.82, 2.24) is 5.32 Å². The summed E-state index contributed by atoms with van der Waals surface area (Å²) in [6, 6.07) is 11.9. The molecule has 0 radical (unpaired) electrons. The van der Waals surface area contributed by atoms with E-state index in [1.165, 1.54) is 24.3 Å². The summed E-state index contributed by atoms with van der Waals surface area (Å²) in [5.41, 5.74) is 1.01. The van der Waals surface area contributed by atoms with Crippen molar-refractivity contribution in [1.29, 1.82) is 0 Å². The standard InChI is InChI=1S/C18H17FN2O3/c1-12(13-2-6-15(19)7-3-13)20-17(22)18(10-11-18)14-4-8-16(9-5-14)21(23)24/h2-9,12H,10-11H2,1H3,(H,20,22)/t12-/m0/s1. The molecule has 24 heavy (non-hydrogen) atoms. The summed E-state index contributed by atoms with van der Waals surface area (Å²) in [6.07, 6.45) is 1.43. The van der Waals surface area contributed by atoms with Crippen LogP contribution in [0.25, 0.3) is 0 Å². The third-order valence-corrected chi connectivity index (χ3v) is 4.53. The Morgan fingerprint density at radius 2 is 1.75 bits per heavy atom. The summed E-state index contributed by atoms with van der Waals surface area (Å²) in [7, 11) is 0. The van der Waals surface area contributed by atoms with Gasteiger partial charge >= 0.3 is 0 Å². The Hall–Kier alpha value is -2.76. The van der Waals surface area contributed by atoms with Crippen molar-refractivity contribution in [3.05, 3.63) is 75.6 Å². The predicted molar refractivity (Wildman–Crippen MR) is 87.0 cm³/mol. The molecular formula is C18H17FN2O3. The molecule has 3 rings (SSSR count). The average Bonchev–Trinajstić information content (AvgIpc) is 3.37. The number of carbonyl (C=O) groups excluding carboxylic acids is 1. The maximum absolute atomic E-state index is 13.0. The lowest BCUT2D eigenvalue weighted by Crippen LogP contribution is -2.36. The molecule has 0 aromatic heterocycles. The minimum absolute atomic E-state index is 0.00892. The van der Waals surface area contributed by atoms with Crippen molar-refractivity contribution in [2.75, 3.05) is 0 Å². The van der Waals surface area contributed by atoms with E-state index in [1.807, 2.05) is 6.92 Å². The van der Waals surface area contributed by atoms with Gasteiger partial charge in [-0.2, -0.15) is 0 Å². The molecule has 1 amide bonds. The second-order valence-corrected chi connectivity index (χ2v) is 6.13. The van der Waals surface area contributed by atoms with Crippen LogP contribution in [0.4, 0.5) is 10.1 Å². The van der Waals surface area contributed by atoms with Gasteiger partial charge in [-0.15, -0.1) is 0 Å². The Kier molecular flexibility index (Phi) is 4.05. The van der Waals surface area contributed by atoms with Crippen molar-refractivity contribution < 1.29 is 14.1 Å². The summed E-state index contributed by atoms with van der Waals surface area (Å²) in [5, 5.41) is 13.7. The third-order valence-electron chi connectivity index (χ3n) is 4.53. The molecule has 0 aliphatic heterocycles. The van der Waals surface area contributed by atoms with Gasteiger partial charge in [-0.25, -0.2) is 4.39 Å². The highest BCUT2D eigenvalue weighted by molar-refractivity contribution is 5.91. The molecule has 1 aliphatic carbocycles. The number of carbonyl (C=O) groups is 1. The molecule has 2 aromatic carbocycles. The van der Waals surface area contributed by atoms with E-state index in [0.29, 0.717) is 12.8 Å². The number of nitrogens with zero attached hydrogens (tertiary/aromatic N) is 1. The third kappa shape index (κ3) is 2.99. The lowest BCUT2D eigenvalue weighted by molar-refractivity contribution is -0.384. The average molecular weight is 328 g/mol. The number of nitro groups is 1. The summed E-state index contributed by atoms with van der Waals surface area (Å²) < 4.78 is 13.0. The van der Waals surface area contributed by atoms with Gasteiger partial charge < -0.3 is 5.32 Å².